The summed E-state index contributed by atoms with van der Waals surface area (Å²) >= 11 is 1.58. The van der Waals surface area contributed by atoms with Crippen LogP contribution in [0.25, 0.3) is 11.3 Å². The first-order valence-electron chi connectivity index (χ1n) is 5.96. The van der Waals surface area contributed by atoms with Gasteiger partial charge in [0, 0.05) is 32.1 Å². The predicted molar refractivity (Wildman–Crippen MR) is 85.1 cm³/mol. The molecule has 1 aromatic carbocycles. The molecule has 1 aromatic heterocycles. The molecule has 0 spiro atoms. The van der Waals surface area contributed by atoms with E-state index in [4.69, 9.17) is 0 Å². The van der Waals surface area contributed by atoms with Crippen molar-refractivity contribution in [3.05, 3.63) is 29.6 Å². The van der Waals surface area contributed by atoms with Crippen LogP contribution in [0.2, 0.25) is 0 Å². The van der Waals surface area contributed by atoms with Crippen LogP contribution in [-0.2, 0) is 10.0 Å². The first kappa shape index (κ1) is 14.8. The van der Waals surface area contributed by atoms with Crippen LogP contribution in [-0.4, -0.2) is 40.8 Å². The molecule has 0 bridgehead atoms. The lowest BCUT2D eigenvalue weighted by atomic mass is 10.1. The van der Waals surface area contributed by atoms with E-state index in [-0.39, 0.29) is 0 Å². The lowest BCUT2D eigenvalue weighted by Gasteiger charge is -2.16. The number of aromatic nitrogens is 1. The zero-order valence-electron chi connectivity index (χ0n) is 11.9. The summed E-state index contributed by atoms with van der Waals surface area (Å²) in [5, 5.41) is 2.93. The summed E-state index contributed by atoms with van der Waals surface area (Å²) in [7, 11) is 2.21. The number of benzene rings is 1. The van der Waals surface area contributed by atoms with Crippen LogP contribution >= 0.6 is 11.3 Å². The van der Waals surface area contributed by atoms with Crippen molar-refractivity contribution in [2.75, 3.05) is 36.6 Å². The van der Waals surface area contributed by atoms with Crippen LogP contribution in [0, 0.1) is 0 Å². The molecule has 0 unspecified atom stereocenters. The summed E-state index contributed by atoms with van der Waals surface area (Å²) in [5.41, 5.74) is 2.51. The minimum atomic E-state index is -3.23. The minimum Gasteiger partial charge on any atom is -0.354 e. The summed E-state index contributed by atoms with van der Waals surface area (Å²) in [6, 6.07) is 7.33. The molecule has 20 heavy (non-hydrogen) atoms. The number of rotatable bonds is 4. The van der Waals surface area contributed by atoms with Gasteiger partial charge in [0.1, 0.15) is 0 Å². The van der Waals surface area contributed by atoms with E-state index in [1.807, 2.05) is 36.5 Å². The Kier molecular flexibility index (Phi) is 4.01. The molecule has 0 saturated heterocycles. The number of hydrogen-bond donors (Lipinski definition) is 0. The second kappa shape index (κ2) is 5.41. The van der Waals surface area contributed by atoms with E-state index >= 15 is 0 Å². The minimum absolute atomic E-state index is 0.638. The van der Waals surface area contributed by atoms with E-state index in [1.165, 1.54) is 17.6 Å². The molecule has 2 aromatic rings. The van der Waals surface area contributed by atoms with E-state index < -0.39 is 10.0 Å². The summed E-state index contributed by atoms with van der Waals surface area (Å²) < 4.78 is 24.2. The molecule has 0 N–H and O–H groups in total. The van der Waals surface area contributed by atoms with Crippen molar-refractivity contribution >= 4 is 32.2 Å². The molecule has 0 aliphatic carbocycles. The molecule has 5 nitrogen and oxygen atoms in total. The van der Waals surface area contributed by atoms with E-state index in [0.717, 1.165) is 16.4 Å². The zero-order chi connectivity index (χ0) is 14.9. The SMILES string of the molecule is CN(C)c1nc(-c2ccc(N(C)S(C)(=O)=O)cc2)cs1. The normalized spacial score (nSPS) is 11.4. The molecular formula is C13H17N3O2S2. The topological polar surface area (TPSA) is 53.5 Å². The standard InChI is InChI=1S/C13H17N3O2S2/c1-15(2)13-14-12(9-19-13)10-5-7-11(8-6-10)16(3)20(4,17)18/h5-9H,1-4H3. The molecular weight excluding hydrogens is 294 g/mol. The van der Waals surface area contributed by atoms with Gasteiger partial charge in [-0.1, -0.05) is 12.1 Å². The van der Waals surface area contributed by atoms with Crippen molar-refractivity contribution in [1.82, 2.24) is 4.98 Å². The van der Waals surface area contributed by atoms with Gasteiger partial charge < -0.3 is 4.90 Å². The van der Waals surface area contributed by atoms with Crippen molar-refractivity contribution in [2.24, 2.45) is 0 Å². The molecule has 1 heterocycles. The van der Waals surface area contributed by atoms with Crippen LogP contribution in [0.4, 0.5) is 10.8 Å². The van der Waals surface area contributed by atoms with Crippen LogP contribution in [0.3, 0.4) is 0 Å². The molecule has 0 aliphatic heterocycles. The smallest absolute Gasteiger partial charge is 0.231 e. The lowest BCUT2D eigenvalue weighted by Crippen LogP contribution is -2.24. The molecule has 0 saturated carbocycles. The van der Waals surface area contributed by atoms with Crippen LogP contribution < -0.4 is 9.21 Å². The Morgan fingerprint density at radius 1 is 1.10 bits per heavy atom. The Morgan fingerprint density at radius 2 is 1.70 bits per heavy atom. The Morgan fingerprint density at radius 3 is 2.15 bits per heavy atom. The van der Waals surface area contributed by atoms with Gasteiger partial charge in [-0.3, -0.25) is 4.31 Å². The van der Waals surface area contributed by atoms with Gasteiger partial charge in [-0.15, -0.1) is 11.3 Å². The third kappa shape index (κ3) is 3.10. The van der Waals surface area contributed by atoms with Gasteiger partial charge in [-0.05, 0) is 12.1 Å². The Hall–Kier alpha value is -1.60. The first-order chi connectivity index (χ1) is 9.29. The highest BCUT2D eigenvalue weighted by Crippen LogP contribution is 2.28. The number of thiazole rings is 1. The predicted octanol–water partition coefficient (Wildman–Crippen LogP) is 2.27. The summed E-state index contributed by atoms with van der Waals surface area (Å²) in [5.74, 6) is 0. The van der Waals surface area contributed by atoms with E-state index in [2.05, 4.69) is 4.98 Å². The van der Waals surface area contributed by atoms with Crippen LogP contribution in [0.5, 0.6) is 0 Å². The Balaban J connectivity index is 2.28. The molecule has 0 radical (unpaired) electrons. The monoisotopic (exact) mass is 311 g/mol. The maximum atomic E-state index is 11.5. The second-order valence-electron chi connectivity index (χ2n) is 4.69. The van der Waals surface area contributed by atoms with Crippen molar-refractivity contribution in [1.29, 1.82) is 0 Å². The van der Waals surface area contributed by atoms with Crippen molar-refractivity contribution in [3.63, 3.8) is 0 Å². The fourth-order valence-electron chi connectivity index (χ4n) is 1.64. The third-order valence-electron chi connectivity index (χ3n) is 2.90. The molecule has 0 atom stereocenters. The highest BCUT2D eigenvalue weighted by atomic mass is 32.2. The van der Waals surface area contributed by atoms with E-state index in [1.54, 1.807) is 23.5 Å². The highest BCUT2D eigenvalue weighted by molar-refractivity contribution is 7.92. The molecule has 2 rings (SSSR count). The second-order valence-corrected chi connectivity index (χ2v) is 7.54. The molecule has 0 amide bonds. The highest BCUT2D eigenvalue weighted by Gasteiger charge is 2.12. The lowest BCUT2D eigenvalue weighted by molar-refractivity contribution is 0.600. The van der Waals surface area contributed by atoms with E-state index in [0.29, 0.717) is 5.69 Å². The van der Waals surface area contributed by atoms with Gasteiger partial charge in [-0.25, -0.2) is 13.4 Å². The van der Waals surface area contributed by atoms with E-state index in [9.17, 15) is 8.42 Å². The first-order valence-corrected chi connectivity index (χ1v) is 8.69. The molecule has 108 valence electrons. The summed E-state index contributed by atoms with van der Waals surface area (Å²) in [6.45, 7) is 0. The van der Waals surface area contributed by atoms with Crippen LogP contribution in [0.1, 0.15) is 0 Å². The average molecular weight is 311 g/mol. The average Bonchev–Trinajstić information content (AvgIpc) is 2.86. The largest absolute Gasteiger partial charge is 0.354 e. The fraction of sp³-hybridized carbons (Fsp3) is 0.308. The number of anilines is 2. The van der Waals surface area contributed by atoms with Crippen molar-refractivity contribution in [3.8, 4) is 11.3 Å². The fourth-order valence-corrected chi connectivity index (χ4v) is 2.91. The Labute approximate surface area is 123 Å². The van der Waals surface area contributed by atoms with Crippen LogP contribution in [0.15, 0.2) is 29.6 Å². The number of nitrogens with zero attached hydrogens (tertiary/aromatic N) is 3. The van der Waals surface area contributed by atoms with Gasteiger partial charge >= 0.3 is 0 Å². The molecule has 0 aliphatic rings. The van der Waals surface area contributed by atoms with Gasteiger partial charge in [0.15, 0.2) is 5.13 Å². The van der Waals surface area contributed by atoms with Gasteiger partial charge in [0.2, 0.25) is 10.0 Å². The summed E-state index contributed by atoms with van der Waals surface area (Å²) in [6.07, 6.45) is 1.19. The van der Waals surface area contributed by atoms with Gasteiger partial charge in [-0.2, -0.15) is 0 Å². The van der Waals surface area contributed by atoms with Gasteiger partial charge in [0.05, 0.1) is 17.6 Å². The van der Waals surface area contributed by atoms with Gasteiger partial charge in [0.25, 0.3) is 0 Å². The molecule has 7 heteroatoms. The number of hydrogen-bond acceptors (Lipinski definition) is 5. The maximum Gasteiger partial charge on any atom is 0.231 e. The maximum absolute atomic E-state index is 11.5. The Bertz CT molecular complexity index is 691. The summed E-state index contributed by atoms with van der Waals surface area (Å²) in [4.78, 5) is 6.47. The van der Waals surface area contributed by atoms with Crippen molar-refractivity contribution < 1.29 is 8.42 Å². The quantitative estimate of drug-likeness (QED) is 0.869. The van der Waals surface area contributed by atoms with Crippen molar-refractivity contribution in [2.45, 2.75) is 0 Å². The zero-order valence-corrected chi connectivity index (χ0v) is 13.5. The third-order valence-corrected chi connectivity index (χ3v) is 5.11. The molecule has 0 fully saturated rings. The number of sulfonamides is 1.